The van der Waals surface area contributed by atoms with E-state index in [1.807, 2.05) is 0 Å². The number of nitrogens with one attached hydrogen (secondary N) is 2. The lowest BCUT2D eigenvalue weighted by molar-refractivity contribution is -0.384. The van der Waals surface area contributed by atoms with E-state index in [0.717, 1.165) is 0 Å². The van der Waals surface area contributed by atoms with E-state index in [-0.39, 0.29) is 30.2 Å². The Hall–Kier alpha value is -2.64. The van der Waals surface area contributed by atoms with E-state index >= 15 is 0 Å². The average Bonchev–Trinajstić information content (AvgIpc) is 2.33. The number of carbonyl (C=O) groups excluding carboxylic acids is 1. The predicted molar refractivity (Wildman–Crippen MR) is 67.2 cm³/mol. The van der Waals surface area contributed by atoms with Crippen LogP contribution < -0.4 is 10.6 Å². The van der Waals surface area contributed by atoms with Gasteiger partial charge in [0, 0.05) is 20.0 Å². The molecule has 1 amide bonds. The van der Waals surface area contributed by atoms with E-state index in [4.69, 9.17) is 5.11 Å². The van der Waals surface area contributed by atoms with Crippen molar-refractivity contribution in [3.63, 3.8) is 0 Å². The van der Waals surface area contributed by atoms with Gasteiger partial charge in [0.15, 0.2) is 0 Å². The molecule has 19 heavy (non-hydrogen) atoms. The maximum atomic E-state index is 10.9. The predicted octanol–water partition coefficient (Wildman–Crippen LogP) is 0.841. The molecule has 0 spiro atoms. The number of anilines is 1. The van der Waals surface area contributed by atoms with Crippen LogP contribution in [0.1, 0.15) is 17.3 Å². The first-order valence-electron chi connectivity index (χ1n) is 5.42. The molecule has 0 heterocycles. The number of aromatic carboxylic acids is 1. The van der Waals surface area contributed by atoms with Gasteiger partial charge >= 0.3 is 11.7 Å². The molecule has 0 aliphatic heterocycles. The highest BCUT2D eigenvalue weighted by Crippen LogP contribution is 2.28. The summed E-state index contributed by atoms with van der Waals surface area (Å²) in [5.41, 5.74) is -0.761. The summed E-state index contributed by atoms with van der Waals surface area (Å²) in [7, 11) is 0. The number of hydrogen-bond donors (Lipinski definition) is 3. The van der Waals surface area contributed by atoms with Crippen molar-refractivity contribution >= 4 is 23.3 Å². The topological polar surface area (TPSA) is 122 Å². The molecule has 0 saturated heterocycles. The van der Waals surface area contributed by atoms with Crippen molar-refractivity contribution in [2.45, 2.75) is 6.92 Å². The summed E-state index contributed by atoms with van der Waals surface area (Å²) in [6.45, 7) is 1.89. The second kappa shape index (κ2) is 6.34. The van der Waals surface area contributed by atoms with Crippen LogP contribution in [0.25, 0.3) is 0 Å². The van der Waals surface area contributed by atoms with Crippen molar-refractivity contribution in [2.24, 2.45) is 0 Å². The van der Waals surface area contributed by atoms with Crippen molar-refractivity contribution < 1.29 is 19.6 Å². The zero-order chi connectivity index (χ0) is 14.4. The fourth-order valence-electron chi connectivity index (χ4n) is 1.49. The van der Waals surface area contributed by atoms with Gasteiger partial charge in [-0.25, -0.2) is 4.79 Å². The number of rotatable bonds is 6. The highest BCUT2D eigenvalue weighted by Gasteiger charge is 2.23. The van der Waals surface area contributed by atoms with Gasteiger partial charge in [-0.05, 0) is 12.1 Å². The van der Waals surface area contributed by atoms with Gasteiger partial charge in [-0.1, -0.05) is 6.07 Å². The molecule has 0 saturated carbocycles. The smallest absolute Gasteiger partial charge is 0.342 e. The molecule has 8 nitrogen and oxygen atoms in total. The fraction of sp³-hybridized carbons (Fsp3) is 0.273. The SMILES string of the molecule is CC(=O)NCCNc1cccc(C(=O)O)c1[N+](=O)[O-]. The minimum atomic E-state index is -1.36. The first-order valence-corrected chi connectivity index (χ1v) is 5.42. The fourth-order valence-corrected chi connectivity index (χ4v) is 1.49. The second-order valence-corrected chi connectivity index (χ2v) is 3.67. The van der Waals surface area contributed by atoms with E-state index in [0.29, 0.717) is 0 Å². The number of nitro benzene ring substituents is 1. The summed E-state index contributed by atoms with van der Waals surface area (Å²) in [6, 6.07) is 4.00. The number of amides is 1. The number of para-hydroxylation sites is 1. The Kier molecular flexibility index (Phi) is 4.81. The molecule has 102 valence electrons. The number of benzene rings is 1. The summed E-state index contributed by atoms with van der Waals surface area (Å²) in [5, 5.41) is 25.1. The monoisotopic (exact) mass is 267 g/mol. The lowest BCUT2D eigenvalue weighted by atomic mass is 10.1. The molecular weight excluding hydrogens is 254 g/mol. The van der Waals surface area contributed by atoms with Crippen LogP contribution in [0.4, 0.5) is 11.4 Å². The standard InChI is InChI=1S/C11H13N3O5/c1-7(15)12-5-6-13-9-4-2-3-8(11(16)17)10(9)14(18)19/h2-4,13H,5-6H2,1H3,(H,12,15)(H,16,17). The molecule has 0 radical (unpaired) electrons. The summed E-state index contributed by atoms with van der Waals surface area (Å²) in [5.74, 6) is -1.58. The van der Waals surface area contributed by atoms with Crippen molar-refractivity contribution in [2.75, 3.05) is 18.4 Å². The number of nitro groups is 1. The highest BCUT2D eigenvalue weighted by atomic mass is 16.6. The highest BCUT2D eigenvalue weighted by molar-refractivity contribution is 5.95. The normalized spacial score (nSPS) is 9.74. The molecule has 0 aliphatic carbocycles. The quantitative estimate of drug-likeness (QED) is 0.399. The number of hydrogen-bond acceptors (Lipinski definition) is 5. The first-order chi connectivity index (χ1) is 8.93. The molecule has 0 fully saturated rings. The lowest BCUT2D eigenvalue weighted by Gasteiger charge is -2.08. The van der Waals surface area contributed by atoms with Crippen molar-refractivity contribution in [3.8, 4) is 0 Å². The van der Waals surface area contributed by atoms with E-state index in [1.54, 1.807) is 0 Å². The van der Waals surface area contributed by atoms with E-state index < -0.39 is 16.6 Å². The van der Waals surface area contributed by atoms with Crippen LogP contribution >= 0.6 is 0 Å². The Morgan fingerprint density at radius 3 is 2.58 bits per heavy atom. The van der Waals surface area contributed by atoms with Crippen molar-refractivity contribution in [1.82, 2.24) is 5.32 Å². The molecule has 0 aliphatic rings. The zero-order valence-electron chi connectivity index (χ0n) is 10.2. The third-order valence-electron chi connectivity index (χ3n) is 2.26. The number of carboxylic acids is 1. The average molecular weight is 267 g/mol. The third-order valence-corrected chi connectivity index (χ3v) is 2.26. The molecular formula is C11H13N3O5. The van der Waals surface area contributed by atoms with Crippen LogP contribution in [0.5, 0.6) is 0 Å². The second-order valence-electron chi connectivity index (χ2n) is 3.67. The van der Waals surface area contributed by atoms with Crippen molar-refractivity contribution in [3.05, 3.63) is 33.9 Å². The van der Waals surface area contributed by atoms with Gasteiger partial charge in [0.2, 0.25) is 5.91 Å². The van der Waals surface area contributed by atoms with Crippen LogP contribution in [-0.4, -0.2) is 35.0 Å². The lowest BCUT2D eigenvalue weighted by Crippen LogP contribution is -2.26. The summed E-state index contributed by atoms with van der Waals surface area (Å²) >= 11 is 0. The summed E-state index contributed by atoms with van der Waals surface area (Å²) in [6.07, 6.45) is 0. The van der Waals surface area contributed by atoms with E-state index in [9.17, 15) is 19.7 Å². The number of nitrogens with zero attached hydrogens (tertiary/aromatic N) is 1. The molecule has 1 rings (SSSR count). The molecule has 1 aromatic rings. The maximum Gasteiger partial charge on any atom is 0.342 e. The van der Waals surface area contributed by atoms with Crippen LogP contribution in [0.3, 0.4) is 0 Å². The largest absolute Gasteiger partial charge is 0.477 e. The molecule has 1 aromatic carbocycles. The summed E-state index contributed by atoms with van der Waals surface area (Å²) < 4.78 is 0. The van der Waals surface area contributed by atoms with E-state index in [1.165, 1.54) is 25.1 Å². The van der Waals surface area contributed by atoms with Gasteiger partial charge in [-0.3, -0.25) is 14.9 Å². The zero-order valence-corrected chi connectivity index (χ0v) is 10.2. The minimum absolute atomic E-state index is 0.107. The Labute approximate surface area is 108 Å². The van der Waals surface area contributed by atoms with Gasteiger partial charge < -0.3 is 15.7 Å². The maximum absolute atomic E-state index is 10.9. The molecule has 0 unspecified atom stereocenters. The molecule has 8 heteroatoms. The van der Waals surface area contributed by atoms with Crippen LogP contribution in [0.15, 0.2) is 18.2 Å². The van der Waals surface area contributed by atoms with Gasteiger partial charge in [-0.2, -0.15) is 0 Å². The van der Waals surface area contributed by atoms with Crippen LogP contribution in [-0.2, 0) is 4.79 Å². The van der Waals surface area contributed by atoms with Crippen LogP contribution in [0, 0.1) is 10.1 Å². The molecule has 0 atom stereocenters. The molecule has 0 aromatic heterocycles. The van der Waals surface area contributed by atoms with Gasteiger partial charge in [0.1, 0.15) is 11.3 Å². The number of carboxylic acid groups (broad SMARTS) is 1. The Morgan fingerprint density at radius 2 is 2.05 bits per heavy atom. The minimum Gasteiger partial charge on any atom is -0.477 e. The Balaban J connectivity index is 2.88. The first kappa shape index (κ1) is 14.4. The third kappa shape index (κ3) is 3.95. The Bertz CT molecular complexity index is 515. The molecule has 3 N–H and O–H groups in total. The van der Waals surface area contributed by atoms with Gasteiger partial charge in [0.05, 0.1) is 4.92 Å². The van der Waals surface area contributed by atoms with E-state index in [2.05, 4.69) is 10.6 Å². The Morgan fingerprint density at radius 1 is 1.37 bits per heavy atom. The summed E-state index contributed by atoms with van der Waals surface area (Å²) in [4.78, 5) is 31.7. The van der Waals surface area contributed by atoms with Gasteiger partial charge in [0.25, 0.3) is 0 Å². The molecule has 0 bridgehead atoms. The van der Waals surface area contributed by atoms with Crippen LogP contribution in [0.2, 0.25) is 0 Å². The van der Waals surface area contributed by atoms with Crippen molar-refractivity contribution in [1.29, 1.82) is 0 Å². The van der Waals surface area contributed by atoms with Gasteiger partial charge in [-0.15, -0.1) is 0 Å². The number of carbonyl (C=O) groups is 2.